The molecule has 50 heavy (non-hydrogen) atoms. The second kappa shape index (κ2) is 11.4. The van der Waals surface area contributed by atoms with Gasteiger partial charge in [-0.3, -0.25) is 0 Å². The van der Waals surface area contributed by atoms with Crippen LogP contribution in [-0.2, 0) is 0 Å². The lowest BCUT2D eigenvalue weighted by Gasteiger charge is -2.10. The largest absolute Gasteiger partial charge is 0.456 e. The van der Waals surface area contributed by atoms with Crippen LogP contribution in [0.25, 0.3) is 100 Å². The minimum absolute atomic E-state index is 0.0125. The maximum atomic E-state index is 9.45. The van der Waals surface area contributed by atoms with E-state index in [2.05, 4.69) is 0 Å². The van der Waals surface area contributed by atoms with E-state index in [4.69, 9.17) is 26.5 Å². The van der Waals surface area contributed by atoms with Crippen molar-refractivity contribution in [3.05, 3.63) is 164 Å². The van der Waals surface area contributed by atoms with E-state index in [1.165, 1.54) is 0 Å². The molecule has 5 nitrogen and oxygen atoms in total. The lowest BCUT2D eigenvalue weighted by atomic mass is 10.0. The van der Waals surface area contributed by atoms with Crippen LogP contribution in [0.3, 0.4) is 0 Å². The first kappa shape index (κ1) is 22.7. The highest BCUT2D eigenvalue weighted by Crippen LogP contribution is 2.36. The number of fused-ring (bicyclic) bond motifs is 6. The number of rotatable bonds is 5. The van der Waals surface area contributed by atoms with Crippen LogP contribution in [0.4, 0.5) is 0 Å². The molecule has 0 aliphatic carbocycles. The van der Waals surface area contributed by atoms with Crippen molar-refractivity contribution in [3.63, 3.8) is 0 Å². The number of benzene rings is 7. The van der Waals surface area contributed by atoms with Gasteiger partial charge in [0.2, 0.25) is 0 Å². The van der Waals surface area contributed by atoms with Crippen molar-refractivity contribution in [2.45, 2.75) is 0 Å². The topological polar surface area (TPSA) is 65.0 Å². The molecule has 0 amide bonds. The van der Waals surface area contributed by atoms with Gasteiger partial charge in [0.25, 0.3) is 0 Å². The lowest BCUT2D eigenvalue weighted by Crippen LogP contribution is -2.00. The molecule has 10 aromatic rings. The van der Waals surface area contributed by atoms with Gasteiger partial charge in [-0.05, 0) is 76.8 Å². The second-order valence-corrected chi connectivity index (χ2v) is 11.9. The van der Waals surface area contributed by atoms with E-state index in [0.717, 1.165) is 27.5 Å². The molecule has 0 saturated heterocycles. The summed E-state index contributed by atoms with van der Waals surface area (Å²) in [5.74, 6) is 0.565. The molecule has 0 radical (unpaired) electrons. The summed E-state index contributed by atoms with van der Waals surface area (Å²) in [5, 5.41) is 1.96. The van der Waals surface area contributed by atoms with Gasteiger partial charge >= 0.3 is 0 Å². The zero-order valence-electron chi connectivity index (χ0n) is 32.3. The van der Waals surface area contributed by atoms with E-state index in [-0.39, 0.29) is 81.0 Å². The Kier molecular flexibility index (Phi) is 5.17. The number of furan rings is 2. The summed E-state index contributed by atoms with van der Waals surface area (Å²) >= 11 is 0. The Bertz CT molecular complexity index is 3220. The summed E-state index contributed by atoms with van der Waals surface area (Å²) in [4.78, 5) is 14.6. The average molecular weight is 648 g/mol. The Hall–Kier alpha value is -6.85. The van der Waals surface area contributed by atoms with Gasteiger partial charge in [-0.15, -0.1) is 0 Å². The van der Waals surface area contributed by atoms with E-state index in [9.17, 15) is 5.48 Å². The van der Waals surface area contributed by atoms with Gasteiger partial charge in [0.05, 0.1) is 8.22 Å². The number of hydrogen-bond acceptors (Lipinski definition) is 5. The van der Waals surface area contributed by atoms with Crippen LogP contribution >= 0.6 is 0 Å². The van der Waals surface area contributed by atoms with Crippen LogP contribution in [0.5, 0.6) is 0 Å². The minimum Gasteiger partial charge on any atom is -0.456 e. The zero-order chi connectivity index (χ0) is 38.2. The van der Waals surface area contributed by atoms with Crippen LogP contribution in [0.2, 0.25) is 0 Å². The standard InChI is InChI=1S/C45H27N3O2/c1-3-10-28(11-4-1)30-14-9-15-32(24-30)43-46-44(33-20-23-40-38(26-33)35-16-7-8-17-39(35)49-40)48-45(47-43)34-18-21-36-37-25-31(29-12-5-2-6-13-29)19-22-41(37)50-42(36)27-34/h1-27H/i18D,19D,21D,22D,25D,27D. The van der Waals surface area contributed by atoms with E-state index < -0.39 is 0 Å². The van der Waals surface area contributed by atoms with Gasteiger partial charge in [-0.2, -0.15) is 0 Å². The van der Waals surface area contributed by atoms with Crippen LogP contribution in [0.15, 0.2) is 172 Å². The Labute approximate surface area is 295 Å². The molecule has 10 rings (SSSR count). The van der Waals surface area contributed by atoms with E-state index in [0.29, 0.717) is 28.1 Å². The fourth-order valence-electron chi connectivity index (χ4n) is 6.33. The maximum Gasteiger partial charge on any atom is 0.164 e. The molecular formula is C45H27N3O2. The third-order valence-corrected chi connectivity index (χ3v) is 8.79. The van der Waals surface area contributed by atoms with Gasteiger partial charge < -0.3 is 8.83 Å². The van der Waals surface area contributed by atoms with Gasteiger partial charge in [0, 0.05) is 38.2 Å². The van der Waals surface area contributed by atoms with E-state index >= 15 is 0 Å². The minimum atomic E-state index is -0.343. The monoisotopic (exact) mass is 647 g/mol. The normalized spacial score (nSPS) is 13.3. The highest BCUT2D eigenvalue weighted by Gasteiger charge is 2.17. The second-order valence-electron chi connectivity index (χ2n) is 11.9. The van der Waals surface area contributed by atoms with Crippen molar-refractivity contribution in [3.8, 4) is 56.4 Å². The third kappa shape index (κ3) is 4.83. The number of hydrogen-bond donors (Lipinski definition) is 0. The highest BCUT2D eigenvalue weighted by atomic mass is 16.3. The first-order valence-corrected chi connectivity index (χ1v) is 16.1. The molecule has 234 valence electrons. The summed E-state index contributed by atoms with van der Waals surface area (Å²) in [6.07, 6.45) is 0. The molecule has 0 N–H and O–H groups in total. The van der Waals surface area contributed by atoms with E-state index in [1.807, 2.05) is 103 Å². The quantitative estimate of drug-likeness (QED) is 0.186. The first-order valence-electron chi connectivity index (χ1n) is 19.1. The molecule has 3 aromatic heterocycles. The van der Waals surface area contributed by atoms with Crippen LogP contribution in [-0.4, -0.2) is 15.0 Å². The molecule has 0 saturated carbocycles. The van der Waals surface area contributed by atoms with Gasteiger partial charge in [-0.25, -0.2) is 15.0 Å². The lowest BCUT2D eigenvalue weighted by molar-refractivity contribution is 0.668. The molecule has 0 bridgehead atoms. The fraction of sp³-hybridized carbons (Fsp3) is 0. The summed E-state index contributed by atoms with van der Waals surface area (Å²) in [6.45, 7) is 0. The SMILES string of the molecule is [2H]c1c(-c2ccccc2)c([2H])c2c(oc3c([2H])c(-c4nc(-c5cccc(-c6ccccc6)c5)nc(-c5ccc6oc7ccccc7c6c5)n4)c([2H])c([2H])c32)c1[2H]. The molecule has 0 atom stereocenters. The summed E-state index contributed by atoms with van der Waals surface area (Å²) < 4.78 is 67.1. The van der Waals surface area contributed by atoms with Crippen molar-refractivity contribution in [2.24, 2.45) is 0 Å². The van der Waals surface area contributed by atoms with Crippen molar-refractivity contribution >= 4 is 43.9 Å². The van der Waals surface area contributed by atoms with Gasteiger partial charge in [0.1, 0.15) is 22.3 Å². The summed E-state index contributed by atoms with van der Waals surface area (Å²) in [5.41, 5.74) is 5.24. The first-order chi connectivity index (χ1) is 27.3. The van der Waals surface area contributed by atoms with Crippen LogP contribution in [0, 0.1) is 0 Å². The molecule has 0 unspecified atom stereocenters. The highest BCUT2D eigenvalue weighted by molar-refractivity contribution is 6.08. The molecule has 0 aliphatic heterocycles. The van der Waals surface area contributed by atoms with Crippen molar-refractivity contribution in [2.75, 3.05) is 0 Å². The van der Waals surface area contributed by atoms with Gasteiger partial charge in [0.15, 0.2) is 17.5 Å². The van der Waals surface area contributed by atoms with Gasteiger partial charge in [-0.1, -0.05) is 109 Å². The number of aromatic nitrogens is 3. The van der Waals surface area contributed by atoms with Crippen molar-refractivity contribution in [1.82, 2.24) is 15.0 Å². The Morgan fingerprint density at radius 1 is 0.340 bits per heavy atom. The average Bonchev–Trinajstić information content (AvgIpc) is 3.83. The van der Waals surface area contributed by atoms with Crippen molar-refractivity contribution < 1.29 is 17.1 Å². The molecule has 0 aliphatic rings. The van der Waals surface area contributed by atoms with E-state index in [1.54, 1.807) is 24.3 Å². The molecule has 0 spiro atoms. The molecular weight excluding hydrogens is 615 g/mol. The molecule has 0 fully saturated rings. The maximum absolute atomic E-state index is 9.45. The smallest absolute Gasteiger partial charge is 0.164 e. The molecule has 7 aromatic carbocycles. The van der Waals surface area contributed by atoms with Crippen LogP contribution < -0.4 is 0 Å². The van der Waals surface area contributed by atoms with Crippen molar-refractivity contribution in [1.29, 1.82) is 0 Å². The number of nitrogens with zero attached hydrogens (tertiary/aromatic N) is 3. The summed E-state index contributed by atoms with van der Waals surface area (Å²) in [6, 6.07) is 38.5. The zero-order valence-corrected chi connectivity index (χ0v) is 26.3. The van der Waals surface area contributed by atoms with Crippen LogP contribution in [0.1, 0.15) is 8.22 Å². The number of para-hydroxylation sites is 1. The third-order valence-electron chi connectivity index (χ3n) is 8.79. The summed E-state index contributed by atoms with van der Waals surface area (Å²) in [7, 11) is 0. The molecule has 3 heterocycles. The molecule has 5 heteroatoms. The Balaban J connectivity index is 1.23. The fourth-order valence-corrected chi connectivity index (χ4v) is 6.33. The Morgan fingerprint density at radius 2 is 0.940 bits per heavy atom. The predicted octanol–water partition coefficient (Wildman–Crippen LogP) is 12.0. The predicted molar refractivity (Wildman–Crippen MR) is 202 cm³/mol. The Morgan fingerprint density at radius 3 is 1.74 bits per heavy atom.